The third-order valence-electron chi connectivity index (χ3n) is 5.42. The van der Waals surface area contributed by atoms with Gasteiger partial charge in [-0.2, -0.15) is 13.9 Å². The van der Waals surface area contributed by atoms with Gasteiger partial charge in [-0.15, -0.1) is 4.36 Å². The van der Waals surface area contributed by atoms with E-state index in [2.05, 4.69) is 21.7 Å². The number of carbonyl (C=O) groups excluding carboxylic acids is 1. The van der Waals surface area contributed by atoms with Crippen LogP contribution in [0.5, 0.6) is 0 Å². The number of hydrogen-bond acceptors (Lipinski definition) is 4. The van der Waals surface area contributed by atoms with Crippen LogP contribution < -0.4 is 10.5 Å². The predicted octanol–water partition coefficient (Wildman–Crippen LogP) is 3.46. The summed E-state index contributed by atoms with van der Waals surface area (Å²) in [6.45, 7) is 2.54. The number of urea groups is 1. The number of anilines is 1. The van der Waals surface area contributed by atoms with Gasteiger partial charge >= 0.3 is 12.1 Å². The number of halogens is 3. The molecular weight excluding hydrogens is 421 g/mol. The summed E-state index contributed by atoms with van der Waals surface area (Å²) in [6.07, 6.45) is 4.43. The van der Waals surface area contributed by atoms with E-state index in [1.807, 2.05) is 0 Å². The van der Waals surface area contributed by atoms with E-state index in [-0.39, 0.29) is 10.6 Å². The Morgan fingerprint density at radius 1 is 1.37 bits per heavy atom. The summed E-state index contributed by atoms with van der Waals surface area (Å²) >= 11 is 0. The summed E-state index contributed by atoms with van der Waals surface area (Å²) < 4.78 is 56.8. The predicted molar refractivity (Wildman–Crippen MR) is 103 cm³/mol. The maximum absolute atomic E-state index is 14.0. The van der Waals surface area contributed by atoms with Crippen LogP contribution in [0, 0.1) is 5.82 Å². The molecule has 0 bridgehead atoms. The van der Waals surface area contributed by atoms with Gasteiger partial charge in [0.15, 0.2) is 15.7 Å². The van der Waals surface area contributed by atoms with Crippen LogP contribution in [0.2, 0.25) is 0 Å². The topological polar surface area (TPSA) is 115 Å². The van der Waals surface area contributed by atoms with Gasteiger partial charge in [-0.1, -0.05) is 6.92 Å². The second-order valence-corrected chi connectivity index (χ2v) is 9.43. The fraction of sp³-hybridized carbons (Fsp3) is 0.500. The van der Waals surface area contributed by atoms with E-state index in [1.165, 1.54) is 0 Å². The van der Waals surface area contributed by atoms with Crippen molar-refractivity contribution >= 4 is 21.6 Å². The highest BCUT2D eigenvalue weighted by Gasteiger charge is 2.32. The quantitative estimate of drug-likeness (QED) is 0.757. The van der Waals surface area contributed by atoms with Gasteiger partial charge in [0.2, 0.25) is 5.03 Å². The van der Waals surface area contributed by atoms with E-state index in [4.69, 9.17) is 10.1 Å². The number of nitrogens with two attached hydrogens (primary N) is 1. The Morgan fingerprint density at radius 2 is 2.10 bits per heavy atom. The molecule has 0 saturated heterocycles. The molecule has 0 aliphatic heterocycles. The minimum atomic E-state index is -4.18. The number of carbonyl (C=O) groups is 1. The molecule has 2 aromatic heterocycles. The molecule has 162 valence electrons. The molecule has 2 aliphatic carbocycles. The molecule has 2 aromatic rings. The lowest BCUT2D eigenvalue weighted by molar-refractivity contribution is -0.0733. The number of aryl methyl sites for hydroxylation is 1. The number of amides is 2. The molecule has 2 atom stereocenters. The SMILES string of the molecule is C[C@@H]1CCc2c1nc1c(c2NC(=O)N=S(N)(=O)c2nn(C(C)(F)F)cc2F)CCC1. The number of pyridine rings is 1. The summed E-state index contributed by atoms with van der Waals surface area (Å²) in [6, 6.07) is -4.59. The Morgan fingerprint density at radius 3 is 2.77 bits per heavy atom. The Balaban J connectivity index is 1.69. The number of nitrogens with one attached hydrogen (secondary N) is 1. The van der Waals surface area contributed by atoms with Gasteiger partial charge in [-0.05, 0) is 49.1 Å². The standard InChI is InChI=1S/C18H21F3N6O2S/c1-9-6-7-11-14(9)23-13-5-3-4-10(13)15(11)24-17(28)26-30(22,29)16-12(19)8-27(25-16)18(2,20)21/h8-9H,3-7H2,1-2H3,(H3,22,23,24,26,28,29)/t9-,30?/m1/s1. The van der Waals surface area contributed by atoms with Crippen LogP contribution in [0.15, 0.2) is 15.6 Å². The van der Waals surface area contributed by atoms with E-state index in [9.17, 15) is 22.2 Å². The van der Waals surface area contributed by atoms with Crippen LogP contribution in [0.25, 0.3) is 0 Å². The van der Waals surface area contributed by atoms with Gasteiger partial charge in [0.25, 0.3) is 0 Å². The number of fused-ring (bicyclic) bond motifs is 2. The molecule has 2 heterocycles. The minimum absolute atomic E-state index is 0.0123. The highest BCUT2D eigenvalue weighted by atomic mass is 32.2. The summed E-state index contributed by atoms with van der Waals surface area (Å²) in [5, 5.41) is 10.4. The largest absolute Gasteiger partial charge is 0.354 e. The van der Waals surface area contributed by atoms with Crippen molar-refractivity contribution in [2.24, 2.45) is 9.50 Å². The van der Waals surface area contributed by atoms with Crippen LogP contribution in [0.4, 0.5) is 23.7 Å². The Labute approximate surface area is 171 Å². The molecule has 4 rings (SSSR count). The summed E-state index contributed by atoms with van der Waals surface area (Å²) in [7, 11) is -4.18. The molecule has 1 unspecified atom stereocenters. The lowest BCUT2D eigenvalue weighted by Crippen LogP contribution is -2.22. The zero-order valence-corrected chi connectivity index (χ0v) is 17.2. The summed E-state index contributed by atoms with van der Waals surface area (Å²) in [5.74, 6) is -1.08. The fourth-order valence-electron chi connectivity index (χ4n) is 3.99. The maximum Gasteiger partial charge on any atom is 0.354 e. The molecule has 2 amide bonds. The third kappa shape index (κ3) is 3.58. The molecule has 0 saturated carbocycles. The van der Waals surface area contributed by atoms with Crippen molar-refractivity contribution in [3.05, 3.63) is 34.5 Å². The first-order valence-corrected chi connectivity index (χ1v) is 11.1. The van der Waals surface area contributed by atoms with Crippen molar-refractivity contribution in [2.45, 2.75) is 62.9 Å². The average molecular weight is 442 g/mol. The molecule has 12 heteroatoms. The van der Waals surface area contributed by atoms with Crippen LogP contribution in [0.3, 0.4) is 0 Å². The van der Waals surface area contributed by atoms with Crippen LogP contribution in [-0.2, 0) is 35.2 Å². The zero-order chi connectivity index (χ0) is 21.8. The number of rotatable bonds is 3. The number of aromatic nitrogens is 3. The second-order valence-electron chi connectivity index (χ2n) is 7.73. The molecule has 0 radical (unpaired) electrons. The first-order chi connectivity index (χ1) is 14.0. The van der Waals surface area contributed by atoms with Crippen molar-refractivity contribution in [3.8, 4) is 0 Å². The molecule has 30 heavy (non-hydrogen) atoms. The van der Waals surface area contributed by atoms with Gasteiger partial charge in [-0.25, -0.2) is 23.2 Å². The van der Waals surface area contributed by atoms with E-state index in [1.54, 1.807) is 0 Å². The molecule has 0 fully saturated rings. The van der Waals surface area contributed by atoms with Crippen LogP contribution >= 0.6 is 0 Å². The summed E-state index contributed by atoms with van der Waals surface area (Å²) in [5.41, 5.74) is 4.26. The van der Waals surface area contributed by atoms with Crippen LogP contribution in [0.1, 0.15) is 55.1 Å². The molecule has 3 N–H and O–H groups in total. The number of nitrogens with zero attached hydrogens (tertiary/aromatic N) is 4. The Kier molecular flexibility index (Phi) is 4.88. The summed E-state index contributed by atoms with van der Waals surface area (Å²) in [4.78, 5) is 17.3. The lowest BCUT2D eigenvalue weighted by Gasteiger charge is -2.15. The molecule has 2 aliphatic rings. The lowest BCUT2D eigenvalue weighted by atomic mass is 10.0. The highest BCUT2D eigenvalue weighted by molar-refractivity contribution is 7.91. The van der Waals surface area contributed by atoms with E-state index >= 15 is 0 Å². The van der Waals surface area contributed by atoms with E-state index < -0.39 is 32.8 Å². The highest BCUT2D eigenvalue weighted by Crippen LogP contribution is 2.41. The smallest absolute Gasteiger partial charge is 0.305 e. The van der Waals surface area contributed by atoms with Crippen LogP contribution in [-0.4, -0.2) is 25.0 Å². The molecule has 8 nitrogen and oxygen atoms in total. The maximum atomic E-state index is 14.0. The minimum Gasteiger partial charge on any atom is -0.305 e. The van der Waals surface area contributed by atoms with Gasteiger partial charge in [0.05, 0.1) is 11.9 Å². The van der Waals surface area contributed by atoms with Gasteiger partial charge < -0.3 is 5.32 Å². The monoisotopic (exact) mass is 442 g/mol. The van der Waals surface area contributed by atoms with E-state index in [0.29, 0.717) is 18.8 Å². The molecule has 0 spiro atoms. The van der Waals surface area contributed by atoms with Crippen molar-refractivity contribution in [3.63, 3.8) is 0 Å². The molecular formula is C18H21F3N6O2S. The Bertz CT molecular complexity index is 1160. The van der Waals surface area contributed by atoms with Gasteiger partial charge in [0, 0.05) is 18.3 Å². The fourth-order valence-corrected chi connectivity index (χ4v) is 4.90. The number of alkyl halides is 2. The first-order valence-electron chi connectivity index (χ1n) is 9.51. The molecule has 0 aromatic carbocycles. The van der Waals surface area contributed by atoms with Gasteiger partial charge in [-0.3, -0.25) is 4.98 Å². The van der Waals surface area contributed by atoms with Crippen molar-refractivity contribution < 1.29 is 22.2 Å². The normalized spacial score (nSPS) is 19.9. The van der Waals surface area contributed by atoms with Crippen molar-refractivity contribution in [2.75, 3.05) is 5.32 Å². The van der Waals surface area contributed by atoms with E-state index in [0.717, 1.165) is 54.6 Å². The van der Waals surface area contributed by atoms with Gasteiger partial charge in [0.1, 0.15) is 0 Å². The van der Waals surface area contributed by atoms with Crippen molar-refractivity contribution in [1.29, 1.82) is 0 Å². The average Bonchev–Trinajstić information content (AvgIpc) is 3.33. The first kappa shape index (κ1) is 20.8. The second kappa shape index (κ2) is 7.05. The number of hydrogen-bond donors (Lipinski definition) is 2. The zero-order valence-electron chi connectivity index (χ0n) is 16.4. The Hall–Kier alpha value is -2.47. The van der Waals surface area contributed by atoms with Crippen molar-refractivity contribution in [1.82, 2.24) is 14.8 Å². The third-order valence-corrected chi connectivity index (χ3v) is 6.69.